The third-order valence-electron chi connectivity index (χ3n) is 4.32. The fourth-order valence-corrected chi connectivity index (χ4v) is 3.23. The van der Waals surface area contributed by atoms with Crippen LogP contribution >= 0.6 is 0 Å². The van der Waals surface area contributed by atoms with E-state index in [0.29, 0.717) is 12.6 Å². The Bertz CT molecular complexity index is 631. The minimum absolute atomic E-state index is 0.00294. The van der Waals surface area contributed by atoms with Gasteiger partial charge in [0.15, 0.2) is 0 Å². The van der Waals surface area contributed by atoms with Gasteiger partial charge in [-0.3, -0.25) is 9.69 Å². The molecule has 0 spiro atoms. The molecule has 0 radical (unpaired) electrons. The van der Waals surface area contributed by atoms with Crippen LogP contribution in [0.4, 0.5) is 5.82 Å². The Morgan fingerprint density at radius 1 is 1.26 bits per heavy atom. The topological polar surface area (TPSA) is 50.2 Å². The number of aromatic nitrogens is 2. The van der Waals surface area contributed by atoms with E-state index in [2.05, 4.69) is 22.5 Å². The number of hydrogen-bond donors (Lipinski definition) is 1. The van der Waals surface area contributed by atoms with Gasteiger partial charge in [0.2, 0.25) is 5.91 Å². The van der Waals surface area contributed by atoms with Crippen molar-refractivity contribution in [2.75, 3.05) is 18.9 Å². The van der Waals surface area contributed by atoms with E-state index >= 15 is 0 Å². The van der Waals surface area contributed by atoms with Gasteiger partial charge in [0, 0.05) is 12.6 Å². The fourth-order valence-electron chi connectivity index (χ4n) is 3.23. The zero-order valence-electron chi connectivity index (χ0n) is 13.6. The van der Waals surface area contributed by atoms with E-state index < -0.39 is 0 Å². The van der Waals surface area contributed by atoms with Gasteiger partial charge in [-0.2, -0.15) is 5.10 Å². The number of benzene rings is 1. The molecule has 1 aromatic carbocycles. The maximum absolute atomic E-state index is 12.3. The lowest BCUT2D eigenvalue weighted by Gasteiger charge is -2.18. The first-order valence-electron chi connectivity index (χ1n) is 8.28. The highest BCUT2D eigenvalue weighted by atomic mass is 16.2. The van der Waals surface area contributed by atoms with Gasteiger partial charge in [0.25, 0.3) is 0 Å². The number of amides is 1. The molecular formula is C18H24N4O. The van der Waals surface area contributed by atoms with Crippen LogP contribution in [0.3, 0.4) is 0 Å². The summed E-state index contributed by atoms with van der Waals surface area (Å²) >= 11 is 0. The van der Waals surface area contributed by atoms with Crippen LogP contribution in [0.1, 0.15) is 37.3 Å². The van der Waals surface area contributed by atoms with Crippen LogP contribution in [0.25, 0.3) is 0 Å². The predicted octanol–water partition coefficient (Wildman–Crippen LogP) is 3.07. The number of likely N-dealkylation sites (N-methyl/N-ethyl adjacent to an activating group) is 1. The average molecular weight is 312 g/mol. The summed E-state index contributed by atoms with van der Waals surface area (Å²) in [5, 5.41) is 7.39. The quantitative estimate of drug-likeness (QED) is 0.892. The van der Waals surface area contributed by atoms with Gasteiger partial charge < -0.3 is 5.32 Å². The largest absolute Gasteiger partial charge is 0.310 e. The van der Waals surface area contributed by atoms with Crippen molar-refractivity contribution in [2.45, 2.75) is 38.3 Å². The van der Waals surface area contributed by atoms with Gasteiger partial charge in [0.05, 0.1) is 18.8 Å². The molecule has 5 heteroatoms. The number of carbonyl (C=O) groups excluding carboxylic acids is 1. The van der Waals surface area contributed by atoms with Crippen LogP contribution in [-0.2, 0) is 11.3 Å². The van der Waals surface area contributed by atoms with E-state index in [1.54, 1.807) is 6.20 Å². The first-order chi connectivity index (χ1) is 11.2. The maximum atomic E-state index is 12.3. The van der Waals surface area contributed by atoms with E-state index in [0.717, 1.165) is 25.2 Å². The summed E-state index contributed by atoms with van der Waals surface area (Å²) in [5.41, 5.74) is 1.21. The van der Waals surface area contributed by atoms with Crippen LogP contribution in [0.2, 0.25) is 0 Å². The summed E-state index contributed by atoms with van der Waals surface area (Å²) < 4.78 is 1.97. The van der Waals surface area contributed by atoms with Crippen molar-refractivity contribution in [3.63, 3.8) is 0 Å². The number of carbonyl (C=O) groups is 1. The van der Waals surface area contributed by atoms with E-state index in [4.69, 9.17) is 0 Å². The average Bonchev–Trinajstić information content (AvgIpc) is 3.18. The molecule has 1 N–H and O–H groups in total. The first kappa shape index (κ1) is 15.7. The van der Waals surface area contributed by atoms with Crippen molar-refractivity contribution in [1.82, 2.24) is 14.7 Å². The van der Waals surface area contributed by atoms with Gasteiger partial charge >= 0.3 is 0 Å². The molecule has 1 aliphatic carbocycles. The molecule has 1 amide bonds. The zero-order chi connectivity index (χ0) is 16.1. The highest BCUT2D eigenvalue weighted by molar-refractivity contribution is 5.91. The zero-order valence-corrected chi connectivity index (χ0v) is 13.6. The van der Waals surface area contributed by atoms with Crippen molar-refractivity contribution in [2.24, 2.45) is 0 Å². The lowest BCUT2D eigenvalue weighted by Crippen LogP contribution is -2.30. The van der Waals surface area contributed by atoms with Gasteiger partial charge in [-0.15, -0.1) is 0 Å². The summed E-state index contributed by atoms with van der Waals surface area (Å²) in [7, 11) is 1.96. The molecule has 3 rings (SSSR count). The number of anilines is 1. The summed E-state index contributed by atoms with van der Waals surface area (Å²) in [6.45, 7) is 1.13. The molecular weight excluding hydrogens is 288 g/mol. The van der Waals surface area contributed by atoms with Crippen LogP contribution in [0.15, 0.2) is 42.6 Å². The summed E-state index contributed by atoms with van der Waals surface area (Å²) in [5.74, 6) is 0.818. The van der Waals surface area contributed by atoms with E-state index in [9.17, 15) is 4.79 Å². The van der Waals surface area contributed by atoms with Gasteiger partial charge in [-0.05, 0) is 25.5 Å². The van der Waals surface area contributed by atoms with Crippen LogP contribution < -0.4 is 5.32 Å². The standard InChI is InChI=1S/C18H24N4O/c1-21(13-15-7-3-2-4-8-15)14-18(23)20-17-11-12-19-22(17)16-9-5-6-10-16/h2-4,7-8,11-12,16H,5-6,9-10,13-14H2,1H3,(H,20,23). The molecule has 1 heterocycles. The van der Waals surface area contributed by atoms with Crippen molar-refractivity contribution in [3.05, 3.63) is 48.2 Å². The molecule has 1 aliphatic rings. The monoisotopic (exact) mass is 312 g/mol. The minimum Gasteiger partial charge on any atom is -0.310 e. The first-order valence-corrected chi connectivity index (χ1v) is 8.28. The molecule has 0 unspecified atom stereocenters. The van der Waals surface area contributed by atoms with Crippen molar-refractivity contribution in [3.8, 4) is 0 Å². The Morgan fingerprint density at radius 2 is 2.00 bits per heavy atom. The smallest absolute Gasteiger partial charge is 0.239 e. The van der Waals surface area contributed by atoms with Crippen molar-refractivity contribution in [1.29, 1.82) is 0 Å². The highest BCUT2D eigenvalue weighted by Crippen LogP contribution is 2.31. The summed E-state index contributed by atoms with van der Waals surface area (Å²) in [6, 6.07) is 12.5. The lowest BCUT2D eigenvalue weighted by atomic mass is 10.2. The lowest BCUT2D eigenvalue weighted by molar-refractivity contribution is -0.117. The Kier molecular flexibility index (Phi) is 5.08. The fraction of sp³-hybridized carbons (Fsp3) is 0.444. The Morgan fingerprint density at radius 3 is 2.74 bits per heavy atom. The maximum Gasteiger partial charge on any atom is 0.239 e. The minimum atomic E-state index is 0.00294. The second-order valence-electron chi connectivity index (χ2n) is 6.31. The van der Waals surface area contributed by atoms with Gasteiger partial charge in [0.1, 0.15) is 5.82 Å². The van der Waals surface area contributed by atoms with Gasteiger partial charge in [-0.25, -0.2) is 4.68 Å². The summed E-state index contributed by atoms with van der Waals surface area (Å²) in [4.78, 5) is 14.3. The van der Waals surface area contributed by atoms with E-state index in [-0.39, 0.29) is 5.91 Å². The molecule has 0 aliphatic heterocycles. The van der Waals surface area contributed by atoms with Crippen LogP contribution in [-0.4, -0.2) is 34.2 Å². The summed E-state index contributed by atoms with van der Waals surface area (Å²) in [6.07, 6.45) is 6.56. The van der Waals surface area contributed by atoms with E-state index in [1.165, 1.54) is 18.4 Å². The van der Waals surface area contributed by atoms with Crippen molar-refractivity contribution >= 4 is 11.7 Å². The van der Waals surface area contributed by atoms with Crippen molar-refractivity contribution < 1.29 is 4.79 Å². The van der Waals surface area contributed by atoms with Crippen LogP contribution in [0.5, 0.6) is 0 Å². The Hall–Kier alpha value is -2.14. The Balaban J connectivity index is 1.54. The molecule has 1 saturated carbocycles. The molecule has 1 aromatic heterocycles. The number of nitrogens with one attached hydrogen (secondary N) is 1. The third kappa shape index (κ3) is 4.20. The van der Waals surface area contributed by atoms with Gasteiger partial charge in [-0.1, -0.05) is 43.2 Å². The molecule has 1 fully saturated rings. The molecule has 5 nitrogen and oxygen atoms in total. The molecule has 0 atom stereocenters. The van der Waals surface area contributed by atoms with E-state index in [1.807, 2.05) is 40.9 Å². The molecule has 0 saturated heterocycles. The third-order valence-corrected chi connectivity index (χ3v) is 4.32. The number of rotatable bonds is 6. The molecule has 0 bridgehead atoms. The second-order valence-corrected chi connectivity index (χ2v) is 6.31. The normalized spacial score (nSPS) is 15.2. The molecule has 23 heavy (non-hydrogen) atoms. The highest BCUT2D eigenvalue weighted by Gasteiger charge is 2.20. The Labute approximate surface area is 137 Å². The number of nitrogens with zero attached hydrogens (tertiary/aromatic N) is 3. The number of hydrogen-bond acceptors (Lipinski definition) is 3. The SMILES string of the molecule is CN(CC(=O)Nc1ccnn1C1CCCC1)Cc1ccccc1. The molecule has 122 valence electrons. The van der Waals surface area contributed by atoms with Crippen LogP contribution in [0, 0.1) is 0 Å². The predicted molar refractivity (Wildman–Crippen MR) is 91.1 cm³/mol. The molecule has 2 aromatic rings. The second kappa shape index (κ2) is 7.42.